The number of allylic oxidation sites excluding steroid dienone is 1. The van der Waals surface area contributed by atoms with Crippen molar-refractivity contribution < 1.29 is 19.4 Å². The number of aryl methyl sites for hydroxylation is 1. The van der Waals surface area contributed by atoms with E-state index in [2.05, 4.69) is 35.9 Å². The zero-order valence-corrected chi connectivity index (χ0v) is 19.6. The maximum atomic E-state index is 12.2. The number of carbonyl (C=O) groups excluding carboxylic acids is 2. The number of hydrogen-bond acceptors (Lipinski definition) is 4. The van der Waals surface area contributed by atoms with Crippen molar-refractivity contribution in [2.75, 3.05) is 13.7 Å². The Balaban J connectivity index is 1.69. The largest absolute Gasteiger partial charge is 0.469 e. The molecule has 1 aliphatic heterocycles. The van der Waals surface area contributed by atoms with Crippen molar-refractivity contribution in [3.8, 4) is 0 Å². The minimum atomic E-state index is -0.488. The lowest BCUT2D eigenvalue weighted by Crippen LogP contribution is -2.32. The van der Waals surface area contributed by atoms with Crippen LogP contribution in [0.5, 0.6) is 0 Å². The minimum absolute atomic E-state index is 0.0437. The second-order valence-corrected chi connectivity index (χ2v) is 8.68. The van der Waals surface area contributed by atoms with E-state index in [0.29, 0.717) is 19.4 Å². The molecular formula is C27H39NO4. The summed E-state index contributed by atoms with van der Waals surface area (Å²) in [6.07, 6.45) is 15.0. The van der Waals surface area contributed by atoms with Gasteiger partial charge in [0.2, 0.25) is 5.91 Å². The van der Waals surface area contributed by atoms with E-state index >= 15 is 0 Å². The fraction of sp³-hybridized carbons (Fsp3) is 0.556. The van der Waals surface area contributed by atoms with E-state index in [1.54, 1.807) is 0 Å². The Morgan fingerprint density at radius 3 is 2.75 bits per heavy atom. The third-order valence-electron chi connectivity index (χ3n) is 6.15. The van der Waals surface area contributed by atoms with Crippen LogP contribution < -0.4 is 0 Å². The lowest BCUT2D eigenvalue weighted by molar-refractivity contribution is -0.140. The van der Waals surface area contributed by atoms with Crippen LogP contribution in [0.1, 0.15) is 63.9 Å². The molecule has 2 rings (SSSR count). The maximum absolute atomic E-state index is 12.2. The van der Waals surface area contributed by atoms with Gasteiger partial charge >= 0.3 is 5.97 Å². The number of ether oxygens (including phenoxy) is 1. The molecule has 5 nitrogen and oxygen atoms in total. The van der Waals surface area contributed by atoms with Gasteiger partial charge in [-0.3, -0.25) is 9.59 Å². The molecule has 1 saturated heterocycles. The van der Waals surface area contributed by atoms with Crippen LogP contribution in [-0.4, -0.2) is 47.7 Å². The molecule has 0 saturated carbocycles. The number of nitrogens with zero attached hydrogens (tertiary/aromatic N) is 1. The van der Waals surface area contributed by atoms with Gasteiger partial charge in [0.15, 0.2) is 0 Å². The molecule has 1 aromatic carbocycles. The molecule has 0 aliphatic carbocycles. The van der Waals surface area contributed by atoms with Gasteiger partial charge in [0, 0.05) is 19.4 Å². The summed E-state index contributed by atoms with van der Waals surface area (Å²) in [5.74, 6) is 0.159. The topological polar surface area (TPSA) is 66.8 Å². The van der Waals surface area contributed by atoms with Crippen molar-refractivity contribution >= 4 is 11.9 Å². The number of benzene rings is 1. The number of hydrogen-bond donors (Lipinski definition) is 1. The number of esters is 1. The van der Waals surface area contributed by atoms with Gasteiger partial charge in [0.05, 0.1) is 19.3 Å². The number of amides is 1. The first-order valence-corrected chi connectivity index (χ1v) is 11.9. The molecule has 1 aromatic rings. The minimum Gasteiger partial charge on any atom is -0.469 e. The Morgan fingerprint density at radius 1 is 1.22 bits per heavy atom. The molecule has 5 heteroatoms. The highest BCUT2D eigenvalue weighted by Crippen LogP contribution is 2.21. The molecule has 1 N–H and O–H groups in total. The van der Waals surface area contributed by atoms with Crippen LogP contribution in [0, 0.1) is 5.92 Å². The average Bonchev–Trinajstić information content (AvgIpc) is 3.16. The van der Waals surface area contributed by atoms with E-state index < -0.39 is 6.10 Å². The van der Waals surface area contributed by atoms with Crippen molar-refractivity contribution in [2.45, 2.75) is 76.9 Å². The Hall–Kier alpha value is -2.40. The number of rotatable bonds is 14. The molecule has 0 spiro atoms. The molecule has 3 atom stereocenters. The van der Waals surface area contributed by atoms with Crippen molar-refractivity contribution in [3.63, 3.8) is 0 Å². The quantitative estimate of drug-likeness (QED) is 0.255. The van der Waals surface area contributed by atoms with Crippen molar-refractivity contribution in [3.05, 3.63) is 60.2 Å². The standard InChI is InChI=1S/C27H39NO4/c1-22(12-9-10-15-23-13-6-5-7-14-23)25(29)19-17-24-18-20-26(30)28(24)21-11-4-3-8-16-27(31)32-2/h4-7,11,13-14,17,19,22,24-25,29H,3,8-10,12,15-16,18,20-21H2,1-2H3/b11-4+,19-17+/t22-,24-,25+/m0/s1. The lowest BCUT2D eigenvalue weighted by atomic mass is 9.95. The summed E-state index contributed by atoms with van der Waals surface area (Å²) in [6.45, 7) is 2.66. The monoisotopic (exact) mass is 441 g/mol. The van der Waals surface area contributed by atoms with Crippen LogP contribution in [0.15, 0.2) is 54.6 Å². The summed E-state index contributed by atoms with van der Waals surface area (Å²) >= 11 is 0. The van der Waals surface area contributed by atoms with Crippen LogP contribution in [-0.2, 0) is 20.7 Å². The van der Waals surface area contributed by atoms with Gasteiger partial charge in [-0.05, 0) is 50.0 Å². The smallest absolute Gasteiger partial charge is 0.305 e. The molecule has 1 heterocycles. The molecule has 0 radical (unpaired) electrons. The van der Waals surface area contributed by atoms with Gasteiger partial charge in [-0.1, -0.05) is 68.0 Å². The second-order valence-electron chi connectivity index (χ2n) is 8.68. The molecule has 1 aliphatic rings. The lowest BCUT2D eigenvalue weighted by Gasteiger charge is -2.22. The predicted octanol–water partition coefficient (Wildman–Crippen LogP) is 4.84. The van der Waals surface area contributed by atoms with Crippen molar-refractivity contribution in [1.82, 2.24) is 4.90 Å². The first kappa shape index (κ1) is 25.9. The van der Waals surface area contributed by atoms with Crippen LogP contribution in [0.4, 0.5) is 0 Å². The first-order chi connectivity index (χ1) is 15.5. The Labute approximate surface area is 193 Å². The van der Waals surface area contributed by atoms with E-state index in [-0.39, 0.29) is 23.8 Å². The Bertz CT molecular complexity index is 743. The Kier molecular flexibility index (Phi) is 11.8. The SMILES string of the molecule is COC(=O)CCC/C=C/CN1C(=O)CC[C@@H]1/C=C/[C@@H](O)[C@@H](C)CCCCc1ccccc1. The average molecular weight is 442 g/mol. The highest BCUT2D eigenvalue weighted by atomic mass is 16.5. The van der Waals surface area contributed by atoms with Crippen LogP contribution in [0.25, 0.3) is 0 Å². The first-order valence-electron chi connectivity index (χ1n) is 11.9. The van der Waals surface area contributed by atoms with Gasteiger partial charge < -0.3 is 14.7 Å². The summed E-state index contributed by atoms with van der Waals surface area (Å²) < 4.78 is 4.63. The molecule has 1 fully saturated rings. The van der Waals surface area contributed by atoms with E-state index in [1.165, 1.54) is 12.7 Å². The Morgan fingerprint density at radius 2 is 2.00 bits per heavy atom. The summed E-state index contributed by atoms with van der Waals surface area (Å²) in [5.41, 5.74) is 1.36. The molecule has 0 aromatic heterocycles. The number of likely N-dealkylation sites (tertiary alicyclic amines) is 1. The maximum Gasteiger partial charge on any atom is 0.305 e. The van der Waals surface area contributed by atoms with Gasteiger partial charge in [-0.2, -0.15) is 0 Å². The van der Waals surface area contributed by atoms with Crippen molar-refractivity contribution in [1.29, 1.82) is 0 Å². The summed E-state index contributed by atoms with van der Waals surface area (Å²) in [5, 5.41) is 10.5. The van der Waals surface area contributed by atoms with Gasteiger partial charge in [0.25, 0.3) is 0 Å². The number of methoxy groups -OCH3 is 1. The number of unbranched alkanes of at least 4 members (excludes halogenated alkanes) is 2. The number of carbonyl (C=O) groups is 2. The van der Waals surface area contributed by atoms with Crippen molar-refractivity contribution in [2.24, 2.45) is 5.92 Å². The summed E-state index contributed by atoms with van der Waals surface area (Å²) in [6, 6.07) is 10.6. The molecule has 176 valence electrons. The summed E-state index contributed by atoms with van der Waals surface area (Å²) in [7, 11) is 1.40. The van der Waals surface area contributed by atoms with Crippen LogP contribution >= 0.6 is 0 Å². The van der Waals surface area contributed by atoms with E-state index in [4.69, 9.17) is 0 Å². The second kappa shape index (κ2) is 14.6. The zero-order chi connectivity index (χ0) is 23.2. The van der Waals surface area contributed by atoms with Gasteiger partial charge in [-0.15, -0.1) is 0 Å². The fourth-order valence-electron chi connectivity index (χ4n) is 4.01. The van der Waals surface area contributed by atoms with E-state index in [1.807, 2.05) is 35.3 Å². The van der Waals surface area contributed by atoms with Crippen LogP contribution in [0.3, 0.4) is 0 Å². The molecule has 0 bridgehead atoms. The van der Waals surface area contributed by atoms with Gasteiger partial charge in [-0.25, -0.2) is 0 Å². The van der Waals surface area contributed by atoms with Crippen LogP contribution in [0.2, 0.25) is 0 Å². The van der Waals surface area contributed by atoms with Gasteiger partial charge in [0.1, 0.15) is 0 Å². The normalized spacial score (nSPS) is 18.5. The molecular weight excluding hydrogens is 402 g/mol. The third-order valence-corrected chi connectivity index (χ3v) is 6.15. The summed E-state index contributed by atoms with van der Waals surface area (Å²) in [4.78, 5) is 25.2. The highest BCUT2D eigenvalue weighted by Gasteiger charge is 2.28. The highest BCUT2D eigenvalue weighted by molar-refractivity contribution is 5.79. The van der Waals surface area contributed by atoms with E-state index in [0.717, 1.165) is 44.9 Å². The number of aliphatic hydroxyl groups is 1. The molecule has 1 amide bonds. The zero-order valence-electron chi connectivity index (χ0n) is 19.6. The third kappa shape index (κ3) is 9.39. The molecule has 0 unspecified atom stereocenters. The van der Waals surface area contributed by atoms with E-state index in [9.17, 15) is 14.7 Å². The fourth-order valence-corrected chi connectivity index (χ4v) is 4.01. The predicted molar refractivity (Wildman–Crippen MR) is 128 cm³/mol. The molecule has 32 heavy (non-hydrogen) atoms. The number of aliphatic hydroxyl groups excluding tert-OH is 1.